The van der Waals surface area contributed by atoms with Gasteiger partial charge in [-0.15, -0.1) is 0 Å². The van der Waals surface area contributed by atoms with E-state index in [2.05, 4.69) is 17.9 Å². The van der Waals surface area contributed by atoms with Crippen molar-refractivity contribution in [3.05, 3.63) is 0 Å². The second kappa shape index (κ2) is 4.04. The Balaban J connectivity index is 1.78. The lowest BCUT2D eigenvalue weighted by Crippen LogP contribution is -2.56. The number of nitrogens with zero attached hydrogens (tertiary/aromatic N) is 2. The summed E-state index contributed by atoms with van der Waals surface area (Å²) in [4.78, 5) is 2.45. The van der Waals surface area contributed by atoms with Crippen molar-refractivity contribution in [1.29, 1.82) is 5.26 Å². The van der Waals surface area contributed by atoms with E-state index in [0.29, 0.717) is 6.54 Å². The van der Waals surface area contributed by atoms with Gasteiger partial charge < -0.3 is 0 Å². The topological polar surface area (TPSA) is 27.0 Å². The molecule has 0 atom stereocenters. The molecule has 0 saturated heterocycles. The first kappa shape index (κ1) is 10.6. The Hall–Kier alpha value is -0.550. The Morgan fingerprint density at radius 2 is 1.62 bits per heavy atom. The van der Waals surface area contributed by atoms with Gasteiger partial charge in [0.05, 0.1) is 12.6 Å². The molecule has 0 unspecified atom stereocenters. The van der Waals surface area contributed by atoms with E-state index in [1.165, 1.54) is 32.1 Å². The highest BCUT2D eigenvalue weighted by Crippen LogP contribution is 2.55. The minimum atomic E-state index is 0.642. The molecule has 4 fully saturated rings. The van der Waals surface area contributed by atoms with E-state index in [4.69, 9.17) is 5.26 Å². The van der Waals surface area contributed by atoms with Crippen LogP contribution >= 0.6 is 0 Å². The van der Waals surface area contributed by atoms with E-state index >= 15 is 0 Å². The molecule has 4 saturated carbocycles. The summed E-state index contributed by atoms with van der Waals surface area (Å²) >= 11 is 0. The van der Waals surface area contributed by atoms with Gasteiger partial charge in [0.15, 0.2) is 0 Å². The first-order valence-electron chi connectivity index (χ1n) is 6.92. The van der Waals surface area contributed by atoms with Crippen LogP contribution in [0.25, 0.3) is 0 Å². The molecule has 0 aliphatic heterocycles. The number of nitriles is 1. The van der Waals surface area contributed by atoms with Crippen molar-refractivity contribution in [2.75, 3.05) is 13.1 Å². The van der Waals surface area contributed by atoms with Crippen LogP contribution in [-0.4, -0.2) is 24.0 Å². The fourth-order valence-electron chi connectivity index (χ4n) is 5.01. The Bertz CT molecular complexity index is 276. The lowest BCUT2D eigenvalue weighted by molar-refractivity contribution is -0.0600. The van der Waals surface area contributed by atoms with Crippen molar-refractivity contribution in [1.82, 2.24) is 4.90 Å². The van der Waals surface area contributed by atoms with Crippen molar-refractivity contribution in [3.8, 4) is 6.07 Å². The molecule has 2 heteroatoms. The Morgan fingerprint density at radius 3 is 2.06 bits per heavy atom. The summed E-state index contributed by atoms with van der Waals surface area (Å²) in [5.41, 5.74) is 0. The van der Waals surface area contributed by atoms with Gasteiger partial charge >= 0.3 is 0 Å². The molecule has 4 bridgehead atoms. The predicted molar refractivity (Wildman–Crippen MR) is 63.7 cm³/mol. The summed E-state index contributed by atoms with van der Waals surface area (Å²) < 4.78 is 0. The number of rotatable bonds is 3. The predicted octanol–water partition coefficient (Wildman–Crippen LogP) is 2.66. The van der Waals surface area contributed by atoms with Crippen LogP contribution in [0.4, 0.5) is 0 Å². The van der Waals surface area contributed by atoms with Crippen LogP contribution in [0.1, 0.15) is 39.0 Å². The maximum atomic E-state index is 8.93. The second-order valence-electron chi connectivity index (χ2n) is 6.14. The van der Waals surface area contributed by atoms with E-state index < -0.39 is 0 Å². The quantitative estimate of drug-likeness (QED) is 0.681. The molecule has 0 heterocycles. The second-order valence-corrected chi connectivity index (χ2v) is 6.14. The van der Waals surface area contributed by atoms with Gasteiger partial charge in [-0.3, -0.25) is 4.90 Å². The van der Waals surface area contributed by atoms with Gasteiger partial charge in [0.25, 0.3) is 0 Å². The summed E-state index contributed by atoms with van der Waals surface area (Å²) in [5, 5.41) is 8.93. The third-order valence-corrected chi connectivity index (χ3v) is 5.28. The first-order chi connectivity index (χ1) is 7.81. The monoisotopic (exact) mass is 218 g/mol. The normalized spacial score (nSPS) is 44.9. The van der Waals surface area contributed by atoms with Crippen LogP contribution in [0, 0.1) is 35.0 Å². The van der Waals surface area contributed by atoms with Gasteiger partial charge in [-0.25, -0.2) is 0 Å². The highest BCUT2D eigenvalue weighted by molar-refractivity contribution is 5.02. The van der Waals surface area contributed by atoms with Crippen molar-refractivity contribution in [3.63, 3.8) is 0 Å². The van der Waals surface area contributed by atoms with Crippen LogP contribution in [0.15, 0.2) is 0 Å². The number of hydrogen-bond acceptors (Lipinski definition) is 2. The zero-order valence-corrected chi connectivity index (χ0v) is 10.2. The molecule has 0 N–H and O–H groups in total. The summed E-state index contributed by atoms with van der Waals surface area (Å²) in [5.74, 6) is 3.92. The van der Waals surface area contributed by atoms with E-state index in [-0.39, 0.29) is 0 Å². The highest BCUT2D eigenvalue weighted by Gasteiger charge is 2.49. The maximum Gasteiger partial charge on any atom is 0.0868 e. The van der Waals surface area contributed by atoms with Crippen molar-refractivity contribution in [2.45, 2.75) is 45.1 Å². The molecule has 0 amide bonds. The van der Waals surface area contributed by atoms with E-state index in [9.17, 15) is 0 Å². The van der Waals surface area contributed by atoms with Crippen LogP contribution < -0.4 is 0 Å². The molecule has 88 valence electrons. The van der Waals surface area contributed by atoms with E-state index in [1.807, 2.05) is 0 Å². The maximum absolute atomic E-state index is 8.93. The van der Waals surface area contributed by atoms with Crippen LogP contribution in [0.5, 0.6) is 0 Å². The fraction of sp³-hybridized carbons (Fsp3) is 0.929. The summed E-state index contributed by atoms with van der Waals surface area (Å²) in [6.45, 7) is 3.91. The molecule has 2 nitrogen and oxygen atoms in total. The Morgan fingerprint density at radius 1 is 1.06 bits per heavy atom. The van der Waals surface area contributed by atoms with Gasteiger partial charge in [0, 0.05) is 6.04 Å². The van der Waals surface area contributed by atoms with Crippen LogP contribution in [-0.2, 0) is 0 Å². The Labute approximate surface area is 98.6 Å². The average molecular weight is 218 g/mol. The van der Waals surface area contributed by atoms with Gasteiger partial charge in [-0.1, -0.05) is 6.92 Å². The van der Waals surface area contributed by atoms with Gasteiger partial charge in [-0.05, 0) is 62.3 Å². The zero-order valence-electron chi connectivity index (χ0n) is 10.2. The van der Waals surface area contributed by atoms with Crippen LogP contribution in [0.3, 0.4) is 0 Å². The van der Waals surface area contributed by atoms with Crippen LogP contribution in [0.2, 0.25) is 0 Å². The number of hydrogen-bond donors (Lipinski definition) is 0. The van der Waals surface area contributed by atoms with E-state index in [0.717, 1.165) is 36.3 Å². The molecule has 0 aromatic carbocycles. The average Bonchev–Trinajstić information content (AvgIpc) is 2.26. The summed E-state index contributed by atoms with van der Waals surface area (Å²) in [6, 6.07) is 3.10. The molecule has 0 radical (unpaired) electrons. The molecule has 4 rings (SSSR count). The van der Waals surface area contributed by atoms with Crippen molar-refractivity contribution < 1.29 is 0 Å². The lowest BCUT2D eigenvalue weighted by Gasteiger charge is -2.57. The first-order valence-corrected chi connectivity index (χ1v) is 6.92. The SMILES string of the molecule is CCN(CC#N)C1C2CC3CC(C2)CC1C3. The molecular weight excluding hydrogens is 196 g/mol. The third kappa shape index (κ3) is 1.57. The standard InChI is InChI=1S/C14H22N2/c1-2-16(4-3-15)14-12-6-10-5-11(8-12)9-13(14)7-10/h10-14H,2,4-9H2,1H3. The smallest absolute Gasteiger partial charge is 0.0868 e. The fourth-order valence-corrected chi connectivity index (χ4v) is 5.01. The highest BCUT2D eigenvalue weighted by atomic mass is 15.2. The molecular formula is C14H22N2. The largest absolute Gasteiger partial charge is 0.287 e. The zero-order chi connectivity index (χ0) is 11.1. The molecule has 16 heavy (non-hydrogen) atoms. The van der Waals surface area contributed by atoms with Crippen molar-refractivity contribution in [2.24, 2.45) is 23.7 Å². The Kier molecular flexibility index (Phi) is 2.67. The summed E-state index contributed by atoms with van der Waals surface area (Å²) in [6.07, 6.45) is 7.35. The van der Waals surface area contributed by atoms with Gasteiger partial charge in [-0.2, -0.15) is 5.26 Å². The third-order valence-electron chi connectivity index (χ3n) is 5.28. The molecule has 4 aliphatic carbocycles. The van der Waals surface area contributed by atoms with E-state index in [1.54, 1.807) is 0 Å². The summed E-state index contributed by atoms with van der Waals surface area (Å²) in [7, 11) is 0. The molecule has 0 aromatic heterocycles. The van der Waals surface area contributed by atoms with Gasteiger partial charge in [0.2, 0.25) is 0 Å². The minimum absolute atomic E-state index is 0.642. The van der Waals surface area contributed by atoms with Crippen molar-refractivity contribution >= 4 is 0 Å². The van der Waals surface area contributed by atoms with Gasteiger partial charge in [0.1, 0.15) is 0 Å². The lowest BCUT2D eigenvalue weighted by atomic mass is 9.54. The molecule has 0 aromatic rings. The molecule has 4 aliphatic rings. The minimum Gasteiger partial charge on any atom is -0.287 e. The molecule has 0 spiro atoms.